The highest BCUT2D eigenvalue weighted by Crippen LogP contribution is 2.55. The van der Waals surface area contributed by atoms with Crippen LogP contribution in [0.15, 0.2) is 148 Å². The molecule has 8 aromatic carbocycles. The van der Waals surface area contributed by atoms with Crippen LogP contribution in [-0.2, 0) is 16.2 Å². The van der Waals surface area contributed by atoms with Gasteiger partial charge < -0.3 is 18.2 Å². The zero-order valence-corrected chi connectivity index (χ0v) is 37.6. The first kappa shape index (κ1) is 36.5. The van der Waals surface area contributed by atoms with Gasteiger partial charge in [0.2, 0.25) is 0 Å². The van der Waals surface area contributed by atoms with E-state index in [0.29, 0.717) is 0 Å². The molecule has 64 heavy (non-hydrogen) atoms. The van der Waals surface area contributed by atoms with Crippen LogP contribution in [0.4, 0.5) is 11.4 Å². The lowest BCUT2D eigenvalue weighted by atomic mass is 9.44. The molecular formula is C59H47BN2O2. The minimum atomic E-state index is -0.167. The third kappa shape index (κ3) is 4.59. The maximum Gasteiger partial charge on any atom is 0.333 e. The molecule has 4 nitrogen and oxygen atoms in total. The molecule has 0 bridgehead atoms. The summed E-state index contributed by atoms with van der Waals surface area (Å²) in [5, 5.41) is 6.95. The van der Waals surface area contributed by atoms with Crippen LogP contribution in [0.3, 0.4) is 0 Å². The van der Waals surface area contributed by atoms with Crippen molar-refractivity contribution in [3.05, 3.63) is 162 Å². The van der Waals surface area contributed by atoms with Crippen LogP contribution in [-0.4, -0.2) is 11.4 Å². The van der Waals surface area contributed by atoms with Crippen LogP contribution < -0.4 is 15.7 Å². The molecular weight excluding hydrogens is 779 g/mol. The summed E-state index contributed by atoms with van der Waals surface area (Å²) in [6.07, 6.45) is 0. The second kappa shape index (κ2) is 11.8. The summed E-state index contributed by atoms with van der Waals surface area (Å²) < 4.78 is 15.8. The van der Waals surface area contributed by atoms with Crippen molar-refractivity contribution in [2.45, 2.75) is 71.6 Å². The van der Waals surface area contributed by atoms with E-state index in [1.54, 1.807) is 0 Å². The van der Waals surface area contributed by atoms with E-state index in [2.05, 4.69) is 204 Å². The summed E-state index contributed by atoms with van der Waals surface area (Å²) >= 11 is 0. The van der Waals surface area contributed by atoms with Gasteiger partial charge in [0.05, 0.1) is 11.0 Å². The molecule has 3 aromatic heterocycles. The van der Waals surface area contributed by atoms with E-state index in [0.717, 1.165) is 49.6 Å². The number of nitrogens with zero attached hydrogens (tertiary/aromatic N) is 2. The summed E-state index contributed by atoms with van der Waals surface area (Å²) in [7, 11) is 0. The number of rotatable bonds is 1. The van der Waals surface area contributed by atoms with E-state index >= 15 is 0 Å². The highest BCUT2D eigenvalue weighted by molar-refractivity contribution is 6.94. The molecule has 0 N–H and O–H groups in total. The summed E-state index contributed by atoms with van der Waals surface area (Å²) in [6.45, 7) is 18.6. The minimum absolute atomic E-state index is 0.0226. The summed E-state index contributed by atoms with van der Waals surface area (Å²) in [4.78, 5) is 2.68. The number of anilines is 2. The molecule has 0 atom stereocenters. The van der Waals surface area contributed by atoms with Crippen LogP contribution in [0.5, 0.6) is 0 Å². The van der Waals surface area contributed by atoms with Gasteiger partial charge in [-0.15, -0.1) is 0 Å². The molecule has 0 unspecified atom stereocenters. The molecule has 11 aromatic rings. The highest BCUT2D eigenvalue weighted by atomic mass is 16.3. The van der Waals surface area contributed by atoms with E-state index in [1.807, 2.05) is 0 Å². The van der Waals surface area contributed by atoms with Crippen LogP contribution in [0, 0.1) is 0 Å². The van der Waals surface area contributed by atoms with E-state index in [4.69, 9.17) is 8.83 Å². The van der Waals surface area contributed by atoms with Crippen molar-refractivity contribution >= 4 is 94.8 Å². The minimum Gasteiger partial charge on any atom is -0.456 e. The fourth-order valence-electron chi connectivity index (χ4n) is 11.9. The second-order valence-electron chi connectivity index (χ2n) is 21.3. The van der Waals surface area contributed by atoms with Gasteiger partial charge in [0.1, 0.15) is 22.3 Å². The van der Waals surface area contributed by atoms with Gasteiger partial charge in [0, 0.05) is 66.4 Å². The van der Waals surface area contributed by atoms with Gasteiger partial charge in [0.15, 0.2) is 0 Å². The fourth-order valence-corrected chi connectivity index (χ4v) is 11.9. The molecule has 5 heteroatoms. The summed E-state index contributed by atoms with van der Waals surface area (Å²) in [5.74, 6) is 0. The molecule has 3 aliphatic rings. The highest BCUT2D eigenvalue weighted by Gasteiger charge is 2.46. The largest absolute Gasteiger partial charge is 0.456 e. The van der Waals surface area contributed by atoms with Crippen LogP contribution in [0.2, 0.25) is 0 Å². The Hall–Kier alpha value is -6.98. The average Bonchev–Trinajstić information content (AvgIpc) is 3.99. The Morgan fingerprint density at radius 2 is 1.11 bits per heavy atom. The Morgan fingerprint density at radius 1 is 0.469 bits per heavy atom. The molecule has 0 radical (unpaired) electrons. The van der Waals surface area contributed by atoms with Gasteiger partial charge in [-0.3, -0.25) is 0 Å². The average molecular weight is 827 g/mol. The maximum absolute atomic E-state index is 6.72. The van der Waals surface area contributed by atoms with E-state index in [1.165, 1.54) is 88.6 Å². The lowest BCUT2D eigenvalue weighted by Gasteiger charge is -2.42. The number of benzene rings is 8. The molecule has 0 saturated heterocycles. The number of hydrogen-bond donors (Lipinski definition) is 0. The van der Waals surface area contributed by atoms with E-state index in [9.17, 15) is 0 Å². The van der Waals surface area contributed by atoms with Gasteiger partial charge in [-0.1, -0.05) is 140 Å². The Labute approximate surface area is 372 Å². The standard InChI is InChI=1S/C59H47BN2O2/c1-57(2,3)32-17-20-34(21-18-32)62-49-28-40-39-25-33(58(4,5)6)19-24-45(39)59(7,8)46(40)26-41(49)37-22-23-38-42-30-53-44(36-14-10-12-16-52(36)63-53)29-48(42)61-50-31-54-43(35-13-9-11-15-51(35)64-54)27-47(50)60(62)55(37)56(38)61/h9-31H,1-8H3. The molecule has 1 aliphatic carbocycles. The van der Waals surface area contributed by atoms with Gasteiger partial charge in [-0.25, -0.2) is 0 Å². The van der Waals surface area contributed by atoms with Crippen molar-refractivity contribution < 1.29 is 8.83 Å². The Balaban J connectivity index is 1.15. The smallest absolute Gasteiger partial charge is 0.333 e. The number of para-hydroxylation sites is 2. The topological polar surface area (TPSA) is 34.5 Å². The molecule has 0 saturated carbocycles. The Kier molecular flexibility index (Phi) is 6.72. The van der Waals surface area contributed by atoms with Crippen molar-refractivity contribution in [2.75, 3.05) is 4.81 Å². The predicted octanol–water partition coefficient (Wildman–Crippen LogP) is 14.7. The number of aromatic nitrogens is 1. The molecule has 14 rings (SSSR count). The fraction of sp³-hybridized carbons (Fsp3) is 0.186. The first-order valence-electron chi connectivity index (χ1n) is 22.9. The number of furan rings is 2. The zero-order valence-electron chi connectivity index (χ0n) is 37.6. The third-order valence-corrected chi connectivity index (χ3v) is 15.3. The van der Waals surface area contributed by atoms with Crippen molar-refractivity contribution in [2.24, 2.45) is 0 Å². The van der Waals surface area contributed by atoms with Crippen LogP contribution >= 0.6 is 0 Å². The maximum atomic E-state index is 6.72. The van der Waals surface area contributed by atoms with Gasteiger partial charge in [0.25, 0.3) is 0 Å². The lowest BCUT2D eigenvalue weighted by Crippen LogP contribution is -2.60. The Morgan fingerprint density at radius 3 is 1.81 bits per heavy atom. The second-order valence-corrected chi connectivity index (χ2v) is 21.3. The molecule has 308 valence electrons. The monoisotopic (exact) mass is 826 g/mol. The quantitative estimate of drug-likeness (QED) is 0.155. The van der Waals surface area contributed by atoms with Crippen molar-refractivity contribution in [3.8, 4) is 27.9 Å². The third-order valence-electron chi connectivity index (χ3n) is 15.3. The Bertz CT molecular complexity index is 3900. The van der Waals surface area contributed by atoms with Crippen molar-refractivity contribution in [1.29, 1.82) is 0 Å². The van der Waals surface area contributed by atoms with E-state index in [-0.39, 0.29) is 23.1 Å². The summed E-state index contributed by atoms with van der Waals surface area (Å²) in [6, 6.07) is 52.9. The van der Waals surface area contributed by atoms with Crippen molar-refractivity contribution in [3.63, 3.8) is 0 Å². The first-order valence-corrected chi connectivity index (χ1v) is 22.9. The molecule has 2 aliphatic heterocycles. The van der Waals surface area contributed by atoms with Gasteiger partial charge >= 0.3 is 6.85 Å². The van der Waals surface area contributed by atoms with Gasteiger partial charge in [-0.2, -0.15) is 0 Å². The molecule has 0 amide bonds. The lowest BCUT2D eigenvalue weighted by molar-refractivity contribution is 0.589. The SMILES string of the molecule is CC(C)(C)c1ccc(N2B3c4cc5c(cc4-n4c6cc7c(cc6c6ccc(c3c64)-c3cc4c(cc32)-c2cc(C(C)(C)C)ccc2C4(C)C)oc2ccccc27)oc2ccccc25)cc1. The first-order chi connectivity index (χ1) is 30.7. The van der Waals surface area contributed by atoms with Crippen LogP contribution in [0.25, 0.3) is 93.6 Å². The zero-order chi connectivity index (χ0) is 43.3. The van der Waals surface area contributed by atoms with E-state index < -0.39 is 0 Å². The molecule has 5 heterocycles. The normalized spacial score (nSPS) is 14.9. The molecule has 0 fully saturated rings. The number of hydrogen-bond acceptors (Lipinski definition) is 3. The summed E-state index contributed by atoms with van der Waals surface area (Å²) in [5.41, 5.74) is 22.8. The predicted molar refractivity (Wildman–Crippen MR) is 269 cm³/mol. The number of fused-ring (bicyclic) bond motifs is 17. The van der Waals surface area contributed by atoms with Crippen molar-refractivity contribution in [1.82, 2.24) is 4.57 Å². The van der Waals surface area contributed by atoms with Gasteiger partial charge in [-0.05, 0) is 109 Å². The molecule has 0 spiro atoms. The van der Waals surface area contributed by atoms with Crippen LogP contribution in [0.1, 0.15) is 77.6 Å².